The normalized spacial score (nSPS) is 14.8. The van der Waals surface area contributed by atoms with Crippen LogP contribution >= 0.6 is 0 Å². The molecule has 0 unspecified atom stereocenters. The van der Waals surface area contributed by atoms with Gasteiger partial charge < -0.3 is 9.97 Å². The van der Waals surface area contributed by atoms with E-state index >= 15 is 0 Å². The average Bonchev–Trinajstić information content (AvgIpc) is 3.73. The molecule has 0 atom stereocenters. The van der Waals surface area contributed by atoms with E-state index in [9.17, 15) is 0 Å². The molecule has 0 saturated heterocycles. The van der Waals surface area contributed by atoms with Gasteiger partial charge >= 0.3 is 16.5 Å². The number of aromatic nitrogens is 4. The van der Waals surface area contributed by atoms with Gasteiger partial charge in [0.25, 0.3) is 0 Å². The van der Waals surface area contributed by atoms with Crippen molar-refractivity contribution in [1.82, 2.24) is 19.9 Å². The zero-order valence-corrected chi connectivity index (χ0v) is 28.5. The van der Waals surface area contributed by atoms with Crippen LogP contribution in [0.3, 0.4) is 0 Å². The van der Waals surface area contributed by atoms with Crippen molar-refractivity contribution in [1.29, 1.82) is 0 Å². The van der Waals surface area contributed by atoms with Gasteiger partial charge in [-0.25, -0.2) is 4.98 Å². The Morgan fingerprint density at radius 1 is 0.500 bits per heavy atom. The Kier molecular flexibility index (Phi) is 6.92. The Bertz CT molecular complexity index is 2310. The second-order valence-corrected chi connectivity index (χ2v) is 13.3. The molecule has 0 spiro atoms. The number of fused-ring (bicyclic) bond motifs is 11. The molecule has 0 radical (unpaired) electrons. The van der Waals surface area contributed by atoms with Crippen molar-refractivity contribution in [3.63, 3.8) is 0 Å². The Morgan fingerprint density at radius 2 is 0.891 bits per heavy atom. The van der Waals surface area contributed by atoms with Gasteiger partial charge in [-0.15, -0.1) is 22.1 Å². The fourth-order valence-electron chi connectivity index (χ4n) is 7.22. The molecular formula is C41H36N4Ni. The van der Waals surface area contributed by atoms with E-state index in [0.29, 0.717) is 0 Å². The van der Waals surface area contributed by atoms with Gasteiger partial charge in [-0.3, -0.25) is 4.98 Å². The number of benzene rings is 2. The largest absolute Gasteiger partial charge is 2.00 e. The maximum atomic E-state index is 5.44. The van der Waals surface area contributed by atoms with Crippen molar-refractivity contribution in [3.05, 3.63) is 129 Å². The van der Waals surface area contributed by atoms with Crippen molar-refractivity contribution in [2.45, 2.75) is 60.8 Å². The number of allylic oxidation sites excluding steroid dienone is 3. The maximum absolute atomic E-state index is 5.44. The summed E-state index contributed by atoms with van der Waals surface area (Å²) in [5, 5.41) is 0. The van der Waals surface area contributed by atoms with Gasteiger partial charge in [-0.05, 0) is 86.1 Å². The second kappa shape index (κ2) is 10.5. The number of aryl methyl sites for hydroxylation is 4. The predicted molar refractivity (Wildman–Crippen MR) is 187 cm³/mol. The minimum atomic E-state index is -0.386. The molecule has 0 fully saturated rings. The fraction of sp³-hybridized carbons (Fsp3) is 0.220. The zero-order valence-electron chi connectivity index (χ0n) is 27.5. The van der Waals surface area contributed by atoms with Crippen LogP contribution in [0.4, 0.5) is 0 Å². The summed E-state index contributed by atoms with van der Waals surface area (Å²) in [5.41, 5.74) is 21.9. The first-order valence-electron chi connectivity index (χ1n) is 15.8. The topological polar surface area (TPSA) is 54.0 Å². The van der Waals surface area contributed by atoms with Crippen LogP contribution in [-0.2, 0) is 21.9 Å². The van der Waals surface area contributed by atoms with Crippen LogP contribution in [0.15, 0.2) is 72.8 Å². The summed E-state index contributed by atoms with van der Waals surface area (Å²) in [6.07, 6.45) is 0. The van der Waals surface area contributed by atoms with E-state index in [1.54, 1.807) is 0 Å². The quantitative estimate of drug-likeness (QED) is 0.155. The summed E-state index contributed by atoms with van der Waals surface area (Å²) >= 11 is 0. The Hall–Kier alpha value is -4.47. The van der Waals surface area contributed by atoms with Crippen molar-refractivity contribution >= 4 is 44.4 Å². The summed E-state index contributed by atoms with van der Waals surface area (Å²) in [7, 11) is 0. The Morgan fingerprint density at radius 3 is 1.35 bits per heavy atom. The molecule has 3 aromatic heterocycles. The molecule has 2 aliphatic heterocycles. The third-order valence-corrected chi connectivity index (χ3v) is 10.5. The van der Waals surface area contributed by atoms with Gasteiger partial charge in [-0.2, -0.15) is 0 Å². The smallest absolute Gasteiger partial charge is 0.657 e. The Balaban J connectivity index is 0.00000338. The molecule has 5 heterocycles. The first-order chi connectivity index (χ1) is 21.5. The molecule has 2 aromatic carbocycles. The molecule has 0 amide bonds. The van der Waals surface area contributed by atoms with E-state index in [1.165, 1.54) is 66.8 Å². The van der Waals surface area contributed by atoms with Crippen LogP contribution in [-0.4, -0.2) is 9.97 Å². The van der Waals surface area contributed by atoms with Crippen molar-refractivity contribution in [2.75, 3.05) is 0 Å². The Labute approximate surface area is 280 Å². The third-order valence-electron chi connectivity index (χ3n) is 10.5. The van der Waals surface area contributed by atoms with E-state index in [1.807, 2.05) is 0 Å². The standard InChI is InChI=1S/C41H36N4.Ni/c1-21-22(2)32-18-34-25(5)26(6)36(44-34)20-38-41(7,8)40(39-29-15-11-9-13-27(29)28-14-10-12-16-30(28)39)37(45-38)19-35-24(4)23(3)33(43-35)17-31(21)42-32;/h9-20H,1-8H3;/q-2;+2. The summed E-state index contributed by atoms with van der Waals surface area (Å²) < 4.78 is 0. The van der Waals surface area contributed by atoms with Gasteiger partial charge in [0.2, 0.25) is 0 Å². The van der Waals surface area contributed by atoms with E-state index in [4.69, 9.17) is 19.9 Å². The molecule has 3 aliphatic rings. The summed E-state index contributed by atoms with van der Waals surface area (Å²) in [4.78, 5) is 20.9. The molecular weight excluding hydrogens is 607 g/mol. The zero-order chi connectivity index (χ0) is 31.4. The summed E-state index contributed by atoms with van der Waals surface area (Å²) in [5.74, 6) is 0. The van der Waals surface area contributed by atoms with E-state index in [2.05, 4.69) is 128 Å². The SMILES string of the molecule is CC1=C(C)c2cc3[n-]c(cc4nc(cc5[n-]c(cc1n2)c(C)c5C)C(=C1c2ccccc2-c2ccccc21)C4(C)C)c(C)c3C.[Ni+2]. The molecule has 0 saturated carbocycles. The molecule has 4 nitrogen and oxygen atoms in total. The molecule has 8 rings (SSSR count). The van der Waals surface area contributed by atoms with Crippen molar-refractivity contribution in [3.8, 4) is 11.1 Å². The number of rotatable bonds is 0. The number of hydrogen-bond acceptors (Lipinski definition) is 2. The minimum absolute atomic E-state index is 0. The van der Waals surface area contributed by atoms with Gasteiger partial charge in [-0.1, -0.05) is 109 Å². The van der Waals surface area contributed by atoms with Gasteiger partial charge in [0.1, 0.15) is 0 Å². The average molecular weight is 643 g/mol. The second-order valence-electron chi connectivity index (χ2n) is 13.3. The van der Waals surface area contributed by atoms with Crippen LogP contribution in [0, 0.1) is 27.7 Å². The first kappa shape index (κ1) is 30.2. The summed E-state index contributed by atoms with van der Waals surface area (Å²) in [6, 6.07) is 26.2. The van der Waals surface area contributed by atoms with E-state index in [0.717, 1.165) is 44.8 Å². The predicted octanol–water partition coefficient (Wildman–Crippen LogP) is 9.67. The maximum Gasteiger partial charge on any atom is 2.00 e. The fourth-order valence-corrected chi connectivity index (χ4v) is 7.22. The van der Waals surface area contributed by atoms with Crippen LogP contribution in [0.25, 0.3) is 55.5 Å². The van der Waals surface area contributed by atoms with Crippen LogP contribution < -0.4 is 9.97 Å². The molecule has 8 bridgehead atoms. The third kappa shape index (κ3) is 4.25. The molecule has 5 aromatic rings. The van der Waals surface area contributed by atoms with Crippen molar-refractivity contribution in [2.24, 2.45) is 0 Å². The molecule has 46 heavy (non-hydrogen) atoms. The van der Waals surface area contributed by atoms with Crippen LogP contribution in [0.2, 0.25) is 0 Å². The van der Waals surface area contributed by atoms with Crippen LogP contribution in [0.1, 0.15) is 83.9 Å². The van der Waals surface area contributed by atoms with Crippen molar-refractivity contribution < 1.29 is 16.5 Å². The molecule has 5 heteroatoms. The summed E-state index contributed by atoms with van der Waals surface area (Å²) in [6.45, 7) is 17.6. The van der Waals surface area contributed by atoms with E-state index < -0.39 is 0 Å². The number of nitrogens with zero attached hydrogens (tertiary/aromatic N) is 4. The van der Waals surface area contributed by atoms with Gasteiger partial charge in [0.05, 0.1) is 17.1 Å². The van der Waals surface area contributed by atoms with Gasteiger partial charge in [0, 0.05) is 11.1 Å². The molecule has 230 valence electrons. The first-order valence-corrected chi connectivity index (χ1v) is 15.8. The molecule has 0 N–H and O–H groups in total. The van der Waals surface area contributed by atoms with Crippen LogP contribution in [0.5, 0.6) is 0 Å². The molecule has 1 aliphatic carbocycles. The minimum Gasteiger partial charge on any atom is -0.657 e. The van der Waals surface area contributed by atoms with E-state index in [-0.39, 0.29) is 21.9 Å². The van der Waals surface area contributed by atoms with Gasteiger partial charge in [0.15, 0.2) is 0 Å². The monoisotopic (exact) mass is 642 g/mol. The number of hydrogen-bond donors (Lipinski definition) is 0.